The molecule has 0 bridgehead atoms. The lowest BCUT2D eigenvalue weighted by Gasteiger charge is -2.03. The van der Waals surface area contributed by atoms with Crippen LogP contribution in [0.1, 0.15) is 11.1 Å². The summed E-state index contributed by atoms with van der Waals surface area (Å²) < 4.78 is 2.11. The molecule has 102 valence electrons. The molecule has 3 nitrogen and oxygen atoms in total. The van der Waals surface area contributed by atoms with Gasteiger partial charge >= 0.3 is 0 Å². The Balaban J connectivity index is 2.12. The number of fused-ring (bicyclic) bond motifs is 1. The first-order valence-electron chi connectivity index (χ1n) is 6.82. The van der Waals surface area contributed by atoms with Gasteiger partial charge in [-0.15, -0.1) is 0 Å². The van der Waals surface area contributed by atoms with E-state index in [0.29, 0.717) is 6.42 Å². The van der Waals surface area contributed by atoms with Crippen molar-refractivity contribution in [1.82, 2.24) is 9.55 Å². The third kappa shape index (κ3) is 2.21. The molecule has 3 aromatic rings. The summed E-state index contributed by atoms with van der Waals surface area (Å²) in [6.45, 7) is 2.25. The first kappa shape index (κ1) is 12.9. The van der Waals surface area contributed by atoms with Gasteiger partial charge in [0.1, 0.15) is 5.82 Å². The quantitative estimate of drug-likeness (QED) is 0.791. The summed E-state index contributed by atoms with van der Waals surface area (Å²) in [7, 11) is 2.04. The van der Waals surface area contributed by atoms with Gasteiger partial charge in [-0.2, -0.15) is 0 Å². The molecule has 1 N–H and O–H groups in total. The first-order valence-corrected chi connectivity index (χ1v) is 6.82. The number of imidazole rings is 1. The van der Waals surface area contributed by atoms with Gasteiger partial charge in [-0.1, -0.05) is 35.9 Å². The molecule has 0 spiro atoms. The maximum Gasteiger partial charge on any atom is 0.140 e. The summed E-state index contributed by atoms with van der Waals surface area (Å²) in [5, 5.41) is 9.03. The topological polar surface area (TPSA) is 38.1 Å². The number of hydrogen-bond acceptors (Lipinski definition) is 2. The highest BCUT2D eigenvalue weighted by atomic mass is 16.2. The predicted octanol–water partition coefficient (Wildman–Crippen LogP) is 3.08. The van der Waals surface area contributed by atoms with Crippen LogP contribution < -0.4 is 0 Å². The average Bonchev–Trinajstić information content (AvgIpc) is 2.77. The fourth-order valence-electron chi connectivity index (χ4n) is 2.49. The summed E-state index contributed by atoms with van der Waals surface area (Å²) in [5.41, 5.74) is 5.58. The van der Waals surface area contributed by atoms with Crippen LogP contribution in [0.15, 0.2) is 42.5 Å². The SMILES string of the molecule is Cc1ccc(-c2nc3cc(CCO)ccc3n2C)cc1. The van der Waals surface area contributed by atoms with Gasteiger partial charge in [0.25, 0.3) is 0 Å². The molecule has 3 heteroatoms. The van der Waals surface area contributed by atoms with E-state index in [1.54, 1.807) is 0 Å². The average molecular weight is 266 g/mol. The summed E-state index contributed by atoms with van der Waals surface area (Å²) >= 11 is 0. The standard InChI is InChI=1S/C17H18N2O/c1-12-3-6-14(7-4-12)17-18-15-11-13(9-10-20)5-8-16(15)19(17)2/h3-8,11,20H,9-10H2,1-2H3. The van der Waals surface area contributed by atoms with Crippen molar-refractivity contribution >= 4 is 11.0 Å². The highest BCUT2D eigenvalue weighted by molar-refractivity contribution is 5.81. The minimum absolute atomic E-state index is 0.170. The summed E-state index contributed by atoms with van der Waals surface area (Å²) in [5.74, 6) is 0.973. The Kier molecular flexibility index (Phi) is 3.28. The highest BCUT2D eigenvalue weighted by Crippen LogP contribution is 2.24. The molecule has 0 amide bonds. The van der Waals surface area contributed by atoms with Gasteiger partial charge in [0, 0.05) is 19.2 Å². The molecule has 1 aromatic heterocycles. The molecule has 0 radical (unpaired) electrons. The van der Waals surface area contributed by atoms with E-state index in [4.69, 9.17) is 10.1 Å². The number of rotatable bonds is 3. The zero-order chi connectivity index (χ0) is 14.1. The second-order valence-corrected chi connectivity index (χ2v) is 5.16. The van der Waals surface area contributed by atoms with E-state index in [9.17, 15) is 0 Å². The molecule has 0 saturated carbocycles. The van der Waals surface area contributed by atoms with Crippen molar-refractivity contribution in [1.29, 1.82) is 0 Å². The van der Waals surface area contributed by atoms with Crippen LogP contribution in [0.4, 0.5) is 0 Å². The van der Waals surface area contributed by atoms with Gasteiger partial charge < -0.3 is 9.67 Å². The van der Waals surface area contributed by atoms with Crippen LogP contribution in [0, 0.1) is 6.92 Å². The van der Waals surface area contributed by atoms with Gasteiger partial charge in [-0.25, -0.2) is 4.98 Å². The number of benzene rings is 2. The summed E-state index contributed by atoms with van der Waals surface area (Å²) in [6.07, 6.45) is 0.673. The third-order valence-electron chi connectivity index (χ3n) is 3.66. The van der Waals surface area contributed by atoms with E-state index in [-0.39, 0.29) is 6.61 Å². The van der Waals surface area contributed by atoms with Crippen LogP contribution in [0.3, 0.4) is 0 Å². The van der Waals surface area contributed by atoms with Crippen LogP contribution in [-0.2, 0) is 13.5 Å². The summed E-state index contributed by atoms with van der Waals surface area (Å²) in [6, 6.07) is 14.6. The van der Waals surface area contributed by atoms with Crippen LogP contribution in [0.25, 0.3) is 22.4 Å². The molecular formula is C17H18N2O. The highest BCUT2D eigenvalue weighted by Gasteiger charge is 2.10. The lowest BCUT2D eigenvalue weighted by molar-refractivity contribution is 0.299. The van der Waals surface area contributed by atoms with Gasteiger partial charge in [0.2, 0.25) is 0 Å². The fraction of sp³-hybridized carbons (Fsp3) is 0.235. The van der Waals surface area contributed by atoms with Crippen molar-refractivity contribution < 1.29 is 5.11 Å². The lowest BCUT2D eigenvalue weighted by Crippen LogP contribution is -1.93. The van der Waals surface area contributed by atoms with E-state index in [2.05, 4.69) is 54.0 Å². The minimum Gasteiger partial charge on any atom is -0.396 e. The molecule has 0 atom stereocenters. The maximum atomic E-state index is 9.03. The fourth-order valence-corrected chi connectivity index (χ4v) is 2.49. The number of hydrogen-bond donors (Lipinski definition) is 1. The van der Waals surface area contributed by atoms with Crippen molar-refractivity contribution in [2.24, 2.45) is 7.05 Å². The lowest BCUT2D eigenvalue weighted by atomic mass is 10.1. The number of aliphatic hydroxyl groups excluding tert-OH is 1. The second kappa shape index (κ2) is 5.10. The molecular weight excluding hydrogens is 248 g/mol. The third-order valence-corrected chi connectivity index (χ3v) is 3.66. The van der Waals surface area contributed by atoms with Crippen molar-refractivity contribution in [3.63, 3.8) is 0 Å². The van der Waals surface area contributed by atoms with E-state index < -0.39 is 0 Å². The molecule has 0 saturated heterocycles. The van der Waals surface area contributed by atoms with Crippen molar-refractivity contribution in [2.45, 2.75) is 13.3 Å². The molecule has 1 heterocycles. The van der Waals surface area contributed by atoms with E-state index in [1.165, 1.54) is 5.56 Å². The van der Waals surface area contributed by atoms with E-state index in [1.807, 2.05) is 7.05 Å². The molecule has 0 unspecified atom stereocenters. The van der Waals surface area contributed by atoms with Gasteiger partial charge in [-0.05, 0) is 31.0 Å². The molecule has 2 aromatic carbocycles. The van der Waals surface area contributed by atoms with Crippen molar-refractivity contribution in [3.8, 4) is 11.4 Å². The number of nitrogens with zero attached hydrogens (tertiary/aromatic N) is 2. The Labute approximate surface area is 118 Å². The van der Waals surface area contributed by atoms with Gasteiger partial charge in [-0.3, -0.25) is 0 Å². The molecule has 0 fully saturated rings. The first-order chi connectivity index (χ1) is 9.69. The molecule has 20 heavy (non-hydrogen) atoms. The molecule has 0 aliphatic rings. The van der Waals surface area contributed by atoms with E-state index in [0.717, 1.165) is 28.0 Å². The Morgan fingerprint density at radius 1 is 1.10 bits per heavy atom. The zero-order valence-electron chi connectivity index (χ0n) is 11.8. The normalized spacial score (nSPS) is 11.2. The monoisotopic (exact) mass is 266 g/mol. The number of aromatic nitrogens is 2. The second-order valence-electron chi connectivity index (χ2n) is 5.16. The Morgan fingerprint density at radius 3 is 2.55 bits per heavy atom. The van der Waals surface area contributed by atoms with Crippen LogP contribution in [-0.4, -0.2) is 21.3 Å². The number of aliphatic hydroxyl groups is 1. The van der Waals surface area contributed by atoms with Gasteiger partial charge in [0.05, 0.1) is 11.0 Å². The van der Waals surface area contributed by atoms with Gasteiger partial charge in [0.15, 0.2) is 0 Å². The molecule has 3 rings (SSSR count). The number of aryl methyl sites for hydroxylation is 2. The Hall–Kier alpha value is -2.13. The van der Waals surface area contributed by atoms with Crippen LogP contribution in [0.2, 0.25) is 0 Å². The maximum absolute atomic E-state index is 9.03. The van der Waals surface area contributed by atoms with Crippen LogP contribution in [0.5, 0.6) is 0 Å². The smallest absolute Gasteiger partial charge is 0.140 e. The Bertz CT molecular complexity index is 742. The largest absolute Gasteiger partial charge is 0.396 e. The van der Waals surface area contributed by atoms with Crippen molar-refractivity contribution in [2.75, 3.05) is 6.61 Å². The van der Waals surface area contributed by atoms with Crippen LogP contribution >= 0.6 is 0 Å². The predicted molar refractivity (Wildman–Crippen MR) is 81.7 cm³/mol. The van der Waals surface area contributed by atoms with E-state index >= 15 is 0 Å². The Morgan fingerprint density at radius 2 is 1.85 bits per heavy atom. The molecule has 0 aliphatic carbocycles. The van der Waals surface area contributed by atoms with Crippen molar-refractivity contribution in [3.05, 3.63) is 53.6 Å². The minimum atomic E-state index is 0.170. The zero-order valence-corrected chi connectivity index (χ0v) is 11.8. The molecule has 0 aliphatic heterocycles. The summed E-state index contributed by atoms with van der Waals surface area (Å²) in [4.78, 5) is 4.74.